The van der Waals surface area contributed by atoms with E-state index in [0.717, 1.165) is 0 Å². The summed E-state index contributed by atoms with van der Waals surface area (Å²) in [6, 6.07) is 5.51. The molecular formula is C9H8N4S. The van der Waals surface area contributed by atoms with Crippen LogP contribution >= 0.6 is 12.2 Å². The Morgan fingerprint density at radius 1 is 1.50 bits per heavy atom. The minimum Gasteiger partial charge on any atom is -0.389 e. The molecule has 5 heteroatoms. The van der Waals surface area contributed by atoms with Crippen molar-refractivity contribution in [2.75, 3.05) is 0 Å². The van der Waals surface area contributed by atoms with Gasteiger partial charge in [0.2, 0.25) is 0 Å². The second kappa shape index (κ2) is 3.19. The van der Waals surface area contributed by atoms with Crippen molar-refractivity contribution < 1.29 is 0 Å². The van der Waals surface area contributed by atoms with Crippen molar-refractivity contribution >= 4 is 22.9 Å². The standard InChI is InChI=1S/C9H8N4S/c10-8-6(9(11)14)5-12-7-3-1-2-4-13(7)8/h1-5,10H,(H2,11,14). The summed E-state index contributed by atoms with van der Waals surface area (Å²) < 4.78 is 1.63. The second-order valence-electron chi connectivity index (χ2n) is 2.81. The van der Waals surface area contributed by atoms with Crippen molar-refractivity contribution in [1.82, 2.24) is 9.38 Å². The molecule has 0 unspecified atom stereocenters. The molecule has 0 saturated carbocycles. The van der Waals surface area contributed by atoms with Crippen LogP contribution in [-0.2, 0) is 0 Å². The molecule has 2 heterocycles. The van der Waals surface area contributed by atoms with Crippen molar-refractivity contribution in [1.29, 1.82) is 5.41 Å². The zero-order valence-electron chi connectivity index (χ0n) is 7.27. The number of nitrogens with two attached hydrogens (primary N) is 1. The van der Waals surface area contributed by atoms with Crippen molar-refractivity contribution in [2.45, 2.75) is 0 Å². The number of nitrogens with one attached hydrogen (secondary N) is 1. The molecule has 0 spiro atoms. The molecule has 0 saturated heterocycles. The first-order valence-corrected chi connectivity index (χ1v) is 4.42. The van der Waals surface area contributed by atoms with Gasteiger partial charge in [-0.05, 0) is 12.1 Å². The zero-order chi connectivity index (χ0) is 10.1. The van der Waals surface area contributed by atoms with Crippen molar-refractivity contribution in [2.24, 2.45) is 5.73 Å². The summed E-state index contributed by atoms with van der Waals surface area (Å²) in [5.41, 5.74) is 6.93. The molecule has 0 aliphatic rings. The normalized spacial score (nSPS) is 10.3. The number of hydrogen-bond donors (Lipinski definition) is 2. The molecule has 3 N–H and O–H groups in total. The first-order chi connectivity index (χ1) is 6.70. The Labute approximate surface area is 85.5 Å². The SMILES string of the molecule is N=c1c(C(N)=S)cnc2ccccn12. The highest BCUT2D eigenvalue weighted by molar-refractivity contribution is 7.80. The average molecular weight is 204 g/mol. The van der Waals surface area contributed by atoms with E-state index in [2.05, 4.69) is 4.98 Å². The summed E-state index contributed by atoms with van der Waals surface area (Å²) in [6.45, 7) is 0. The van der Waals surface area contributed by atoms with Gasteiger partial charge in [0.25, 0.3) is 0 Å². The molecule has 2 rings (SSSR count). The molecule has 2 aromatic rings. The quantitative estimate of drug-likeness (QED) is 0.663. The van der Waals surface area contributed by atoms with Crippen LogP contribution in [0.5, 0.6) is 0 Å². The van der Waals surface area contributed by atoms with E-state index in [-0.39, 0.29) is 10.5 Å². The van der Waals surface area contributed by atoms with E-state index in [9.17, 15) is 0 Å². The van der Waals surface area contributed by atoms with Gasteiger partial charge in [-0.2, -0.15) is 0 Å². The Hall–Kier alpha value is -1.75. The van der Waals surface area contributed by atoms with E-state index in [0.29, 0.717) is 11.2 Å². The van der Waals surface area contributed by atoms with Gasteiger partial charge in [-0.25, -0.2) is 4.98 Å². The summed E-state index contributed by atoms with van der Waals surface area (Å²) in [5.74, 6) is 0. The number of aromatic nitrogens is 2. The molecule has 0 atom stereocenters. The molecular weight excluding hydrogens is 196 g/mol. The molecule has 0 aliphatic heterocycles. The lowest BCUT2D eigenvalue weighted by atomic mass is 10.3. The predicted molar refractivity (Wildman–Crippen MR) is 56.9 cm³/mol. The number of thiocarbonyl (C=S) groups is 1. The van der Waals surface area contributed by atoms with Gasteiger partial charge >= 0.3 is 0 Å². The Balaban J connectivity index is 2.89. The number of rotatable bonds is 1. The molecule has 0 aromatic carbocycles. The Bertz CT molecular complexity index is 558. The van der Waals surface area contributed by atoms with E-state index < -0.39 is 0 Å². The molecule has 0 bridgehead atoms. The molecule has 0 aliphatic carbocycles. The smallest absolute Gasteiger partial charge is 0.142 e. The maximum Gasteiger partial charge on any atom is 0.142 e. The van der Waals surface area contributed by atoms with Crippen LogP contribution in [-0.4, -0.2) is 14.4 Å². The minimum absolute atomic E-state index is 0.195. The summed E-state index contributed by atoms with van der Waals surface area (Å²) in [5, 5.41) is 7.83. The third-order valence-corrected chi connectivity index (χ3v) is 2.15. The van der Waals surface area contributed by atoms with Gasteiger partial charge in [-0.3, -0.25) is 9.81 Å². The molecule has 0 fully saturated rings. The van der Waals surface area contributed by atoms with E-state index >= 15 is 0 Å². The lowest BCUT2D eigenvalue weighted by molar-refractivity contribution is 0.965. The zero-order valence-corrected chi connectivity index (χ0v) is 8.08. The molecule has 0 amide bonds. The summed E-state index contributed by atoms with van der Waals surface area (Å²) in [7, 11) is 0. The monoisotopic (exact) mass is 204 g/mol. The topological polar surface area (TPSA) is 67.2 Å². The lowest BCUT2D eigenvalue weighted by Crippen LogP contribution is -2.26. The first kappa shape index (κ1) is 8.83. The summed E-state index contributed by atoms with van der Waals surface area (Å²) in [4.78, 5) is 4.33. The van der Waals surface area contributed by atoms with Gasteiger partial charge < -0.3 is 5.73 Å². The van der Waals surface area contributed by atoms with Crippen LogP contribution in [0.25, 0.3) is 5.65 Å². The Morgan fingerprint density at radius 2 is 2.29 bits per heavy atom. The van der Waals surface area contributed by atoms with Crippen LogP contribution in [0.2, 0.25) is 0 Å². The number of pyridine rings is 1. The molecule has 2 aromatic heterocycles. The van der Waals surface area contributed by atoms with Crippen LogP contribution in [0.15, 0.2) is 30.6 Å². The maximum absolute atomic E-state index is 7.83. The fourth-order valence-electron chi connectivity index (χ4n) is 1.23. The van der Waals surface area contributed by atoms with Crippen LogP contribution in [0.4, 0.5) is 0 Å². The van der Waals surface area contributed by atoms with Crippen LogP contribution in [0.1, 0.15) is 5.56 Å². The average Bonchev–Trinajstić information content (AvgIpc) is 2.18. The van der Waals surface area contributed by atoms with Crippen molar-refractivity contribution in [3.05, 3.63) is 41.6 Å². The molecule has 14 heavy (non-hydrogen) atoms. The number of hydrogen-bond acceptors (Lipinski definition) is 3. The summed E-state index contributed by atoms with van der Waals surface area (Å²) >= 11 is 4.82. The van der Waals surface area contributed by atoms with Gasteiger partial charge in [0.1, 0.15) is 16.1 Å². The van der Waals surface area contributed by atoms with E-state index in [1.807, 2.05) is 18.2 Å². The Kier molecular flexibility index (Phi) is 2.01. The van der Waals surface area contributed by atoms with Gasteiger partial charge in [0, 0.05) is 12.4 Å². The van der Waals surface area contributed by atoms with Crippen molar-refractivity contribution in [3.8, 4) is 0 Å². The maximum atomic E-state index is 7.83. The van der Waals surface area contributed by atoms with E-state index in [1.54, 1.807) is 10.6 Å². The third-order valence-electron chi connectivity index (χ3n) is 1.93. The highest BCUT2D eigenvalue weighted by atomic mass is 32.1. The fourth-order valence-corrected chi connectivity index (χ4v) is 1.38. The van der Waals surface area contributed by atoms with Crippen molar-refractivity contribution in [3.63, 3.8) is 0 Å². The molecule has 4 nitrogen and oxygen atoms in total. The predicted octanol–water partition coefficient (Wildman–Crippen LogP) is 0.448. The third kappa shape index (κ3) is 1.27. The minimum atomic E-state index is 0.195. The second-order valence-corrected chi connectivity index (χ2v) is 3.25. The molecule has 70 valence electrons. The van der Waals surface area contributed by atoms with Crippen LogP contribution in [0.3, 0.4) is 0 Å². The van der Waals surface area contributed by atoms with Gasteiger partial charge in [0.15, 0.2) is 0 Å². The van der Waals surface area contributed by atoms with Gasteiger partial charge in [0.05, 0.1) is 5.56 Å². The molecule has 0 radical (unpaired) electrons. The van der Waals surface area contributed by atoms with Crippen LogP contribution < -0.4 is 11.2 Å². The Morgan fingerprint density at radius 3 is 3.00 bits per heavy atom. The van der Waals surface area contributed by atoms with Gasteiger partial charge in [-0.1, -0.05) is 18.3 Å². The first-order valence-electron chi connectivity index (χ1n) is 4.01. The van der Waals surface area contributed by atoms with E-state index in [1.165, 1.54) is 6.20 Å². The lowest BCUT2D eigenvalue weighted by Gasteiger charge is -2.03. The highest BCUT2D eigenvalue weighted by Crippen LogP contribution is 1.96. The van der Waals surface area contributed by atoms with Crippen LogP contribution in [0, 0.1) is 5.41 Å². The summed E-state index contributed by atoms with van der Waals surface area (Å²) in [6.07, 6.45) is 3.28. The number of fused-ring (bicyclic) bond motifs is 1. The fraction of sp³-hybridized carbons (Fsp3) is 0. The van der Waals surface area contributed by atoms with Gasteiger partial charge in [-0.15, -0.1) is 0 Å². The largest absolute Gasteiger partial charge is 0.389 e. The number of nitrogens with zero attached hydrogens (tertiary/aromatic N) is 2. The van der Waals surface area contributed by atoms with E-state index in [4.69, 9.17) is 23.4 Å². The highest BCUT2D eigenvalue weighted by Gasteiger charge is 2.02.